The molecule has 0 aliphatic carbocycles. The molecule has 134 valence electrons. The summed E-state index contributed by atoms with van der Waals surface area (Å²) in [6.45, 7) is 0. The minimum atomic E-state index is -4.84. The van der Waals surface area contributed by atoms with Crippen LogP contribution in [0.5, 0.6) is 11.8 Å². The summed E-state index contributed by atoms with van der Waals surface area (Å²) in [5, 5.41) is 6.17. The van der Waals surface area contributed by atoms with E-state index in [0.717, 1.165) is 12.1 Å². The molecule has 2 heterocycles. The van der Waals surface area contributed by atoms with E-state index in [1.165, 1.54) is 7.11 Å². The highest BCUT2D eigenvalue weighted by Crippen LogP contribution is 2.43. The van der Waals surface area contributed by atoms with Crippen molar-refractivity contribution in [2.45, 2.75) is 17.6 Å². The third-order valence-corrected chi connectivity index (χ3v) is 4.15. The summed E-state index contributed by atoms with van der Waals surface area (Å²) in [7, 11) is 2.54. The smallest absolute Gasteiger partial charge is 0.453 e. The molecular formula is C14H12ClF3N4O3. The third kappa shape index (κ3) is 2.66. The van der Waals surface area contributed by atoms with Crippen molar-refractivity contribution < 1.29 is 27.4 Å². The van der Waals surface area contributed by atoms with Gasteiger partial charge in [0.05, 0.1) is 14.2 Å². The number of hydrogen-bond acceptors (Lipinski definition) is 5. The fraction of sp³-hybridized carbons (Fsp3) is 0.357. The number of rotatable bonds is 4. The first-order valence-corrected chi connectivity index (χ1v) is 7.41. The lowest BCUT2D eigenvalue weighted by Crippen LogP contribution is -2.62. The molecule has 2 atom stereocenters. The maximum Gasteiger partial charge on any atom is 0.453 e. The number of aromatic nitrogens is 3. The van der Waals surface area contributed by atoms with Gasteiger partial charge in [0, 0.05) is 5.56 Å². The summed E-state index contributed by atoms with van der Waals surface area (Å²) in [6.07, 6.45) is -4.84. The van der Waals surface area contributed by atoms with Gasteiger partial charge in [0.25, 0.3) is 11.7 Å². The van der Waals surface area contributed by atoms with Gasteiger partial charge in [-0.1, -0.05) is 23.3 Å². The minimum Gasteiger partial charge on any atom is -0.496 e. The molecule has 0 N–H and O–H groups in total. The second kappa shape index (κ2) is 6.10. The second-order valence-electron chi connectivity index (χ2n) is 5.09. The summed E-state index contributed by atoms with van der Waals surface area (Å²) in [6, 6.07) is 5.20. The standard InChI is InChI=1S/C14H12ClF3N4O3/c1-24-8-6-4-3-5-7(8)10-9(15)11(23)21(10)22-12(14(16,17)18)19-20-13(22)25-2/h3-6,9-10H,1-2H3. The van der Waals surface area contributed by atoms with Gasteiger partial charge in [-0.3, -0.25) is 4.79 Å². The van der Waals surface area contributed by atoms with Crippen LogP contribution in [0.3, 0.4) is 0 Å². The Balaban J connectivity index is 2.13. The van der Waals surface area contributed by atoms with E-state index in [0.29, 0.717) is 16.0 Å². The van der Waals surface area contributed by atoms with Gasteiger partial charge in [0.15, 0.2) is 0 Å². The van der Waals surface area contributed by atoms with Crippen LogP contribution < -0.4 is 14.5 Å². The first-order valence-electron chi connectivity index (χ1n) is 6.98. The van der Waals surface area contributed by atoms with E-state index in [-0.39, 0.29) is 0 Å². The molecule has 1 aromatic heterocycles. The number of ether oxygens (including phenoxy) is 2. The molecule has 11 heteroatoms. The normalized spacial score (nSPS) is 20.4. The van der Waals surface area contributed by atoms with Gasteiger partial charge in [-0.15, -0.1) is 16.7 Å². The van der Waals surface area contributed by atoms with Gasteiger partial charge >= 0.3 is 12.2 Å². The van der Waals surface area contributed by atoms with Gasteiger partial charge < -0.3 is 9.47 Å². The molecule has 1 aliphatic heterocycles. The summed E-state index contributed by atoms with van der Waals surface area (Å²) in [4.78, 5) is 12.2. The van der Waals surface area contributed by atoms with E-state index < -0.39 is 35.3 Å². The molecule has 0 radical (unpaired) electrons. The molecule has 25 heavy (non-hydrogen) atoms. The number of para-hydroxylation sites is 1. The van der Waals surface area contributed by atoms with Crippen molar-refractivity contribution in [2.75, 3.05) is 19.2 Å². The van der Waals surface area contributed by atoms with Crippen LogP contribution in [0.4, 0.5) is 13.2 Å². The zero-order valence-corrected chi connectivity index (χ0v) is 13.7. The van der Waals surface area contributed by atoms with Crippen LogP contribution >= 0.6 is 11.6 Å². The summed E-state index contributed by atoms with van der Waals surface area (Å²) >= 11 is 6.08. The molecule has 2 unspecified atom stereocenters. The highest BCUT2D eigenvalue weighted by atomic mass is 35.5. The van der Waals surface area contributed by atoms with Gasteiger partial charge in [-0.2, -0.15) is 17.8 Å². The molecule has 0 saturated carbocycles. The van der Waals surface area contributed by atoms with E-state index in [4.69, 9.17) is 21.1 Å². The lowest BCUT2D eigenvalue weighted by atomic mass is 9.94. The van der Waals surface area contributed by atoms with E-state index in [9.17, 15) is 18.0 Å². The summed E-state index contributed by atoms with van der Waals surface area (Å²) in [5.74, 6) is -1.74. The van der Waals surface area contributed by atoms with Crippen molar-refractivity contribution in [3.05, 3.63) is 35.7 Å². The topological polar surface area (TPSA) is 69.5 Å². The fourth-order valence-electron chi connectivity index (χ4n) is 2.63. The first kappa shape index (κ1) is 17.3. The van der Waals surface area contributed by atoms with Gasteiger partial charge in [-0.05, 0) is 6.07 Å². The zero-order valence-electron chi connectivity index (χ0n) is 13.0. The van der Waals surface area contributed by atoms with Crippen molar-refractivity contribution in [2.24, 2.45) is 0 Å². The summed E-state index contributed by atoms with van der Waals surface area (Å²) < 4.78 is 50.3. The van der Waals surface area contributed by atoms with Crippen LogP contribution in [-0.4, -0.2) is 40.4 Å². The molecule has 0 spiro atoms. The van der Waals surface area contributed by atoms with Gasteiger partial charge in [0.2, 0.25) is 0 Å². The molecule has 1 aliphatic rings. The number of carbonyl (C=O) groups is 1. The average molecular weight is 377 g/mol. The van der Waals surface area contributed by atoms with E-state index in [1.54, 1.807) is 24.3 Å². The Bertz CT molecular complexity index is 811. The quantitative estimate of drug-likeness (QED) is 0.604. The number of methoxy groups -OCH3 is 2. The molecule has 3 rings (SSSR count). The molecule has 1 aromatic carbocycles. The molecule has 7 nitrogen and oxygen atoms in total. The largest absolute Gasteiger partial charge is 0.496 e. The predicted molar refractivity (Wildman–Crippen MR) is 80.2 cm³/mol. The molecule has 1 fully saturated rings. The fourth-order valence-corrected chi connectivity index (χ4v) is 2.97. The van der Waals surface area contributed by atoms with Crippen LogP contribution in [0.1, 0.15) is 17.4 Å². The van der Waals surface area contributed by atoms with Crippen molar-refractivity contribution in [3.63, 3.8) is 0 Å². The highest BCUT2D eigenvalue weighted by Gasteiger charge is 2.53. The molecular weight excluding hydrogens is 365 g/mol. The van der Waals surface area contributed by atoms with E-state index in [1.807, 2.05) is 0 Å². The molecule has 0 bridgehead atoms. The van der Waals surface area contributed by atoms with Crippen LogP contribution in [0.25, 0.3) is 0 Å². The van der Waals surface area contributed by atoms with Crippen molar-refractivity contribution in [3.8, 4) is 11.8 Å². The number of alkyl halides is 4. The highest BCUT2D eigenvalue weighted by molar-refractivity contribution is 6.36. The SMILES string of the molecule is COc1ccccc1C1C(Cl)C(=O)N1n1c(OC)nnc1C(F)(F)F. The lowest BCUT2D eigenvalue weighted by molar-refractivity contribution is -0.149. The van der Waals surface area contributed by atoms with Gasteiger partial charge in [0.1, 0.15) is 17.2 Å². The maximum atomic E-state index is 13.2. The first-order chi connectivity index (χ1) is 11.8. The number of amides is 1. The van der Waals surface area contributed by atoms with E-state index in [2.05, 4.69) is 10.2 Å². The number of β-lactam (4-membered cyclic amide) rings is 1. The predicted octanol–water partition coefficient (Wildman–Crippen LogP) is 2.14. The van der Waals surface area contributed by atoms with Gasteiger partial charge in [-0.25, -0.2) is 5.01 Å². The Morgan fingerprint density at radius 3 is 2.44 bits per heavy atom. The van der Waals surface area contributed by atoms with Crippen LogP contribution in [0.2, 0.25) is 0 Å². The van der Waals surface area contributed by atoms with Crippen LogP contribution in [0.15, 0.2) is 24.3 Å². The monoisotopic (exact) mass is 376 g/mol. The molecule has 1 amide bonds. The third-order valence-electron chi connectivity index (χ3n) is 3.72. The lowest BCUT2D eigenvalue weighted by Gasteiger charge is -2.44. The Kier molecular flexibility index (Phi) is 4.23. The Labute approximate surface area is 144 Å². The molecule has 2 aromatic rings. The van der Waals surface area contributed by atoms with Crippen LogP contribution in [-0.2, 0) is 11.0 Å². The zero-order chi connectivity index (χ0) is 18.4. The Morgan fingerprint density at radius 2 is 1.84 bits per heavy atom. The molecule has 1 saturated heterocycles. The Hall–Kier alpha value is -2.49. The van der Waals surface area contributed by atoms with Crippen LogP contribution in [0, 0.1) is 0 Å². The number of carbonyl (C=O) groups excluding carboxylic acids is 1. The number of nitrogens with zero attached hydrogens (tertiary/aromatic N) is 4. The van der Waals surface area contributed by atoms with Crippen molar-refractivity contribution >= 4 is 17.5 Å². The Morgan fingerprint density at radius 1 is 1.16 bits per heavy atom. The number of benzene rings is 1. The minimum absolute atomic E-state index is 0.385. The number of hydrogen-bond donors (Lipinski definition) is 0. The summed E-state index contributed by atoms with van der Waals surface area (Å²) in [5.41, 5.74) is 0.452. The maximum absolute atomic E-state index is 13.2. The number of halogens is 4. The van der Waals surface area contributed by atoms with E-state index >= 15 is 0 Å². The van der Waals surface area contributed by atoms with Crippen molar-refractivity contribution in [1.29, 1.82) is 0 Å². The average Bonchev–Trinajstić information content (AvgIpc) is 3.02. The van der Waals surface area contributed by atoms with Crippen molar-refractivity contribution in [1.82, 2.24) is 14.9 Å². The second-order valence-corrected chi connectivity index (χ2v) is 5.56.